The Kier molecular flexibility index (Phi) is 3.45. The van der Waals surface area contributed by atoms with Crippen molar-refractivity contribution < 1.29 is 5.11 Å². The van der Waals surface area contributed by atoms with Gasteiger partial charge < -0.3 is 5.11 Å². The Balaban J connectivity index is 1.65. The monoisotopic (exact) mass is 290 g/mol. The topological polar surface area (TPSA) is 20.2 Å². The first-order chi connectivity index (χ1) is 10.0. The van der Waals surface area contributed by atoms with Gasteiger partial charge in [0.1, 0.15) is 0 Å². The second kappa shape index (κ2) is 4.98. The molecule has 120 valence electrons. The van der Waals surface area contributed by atoms with Crippen molar-refractivity contribution >= 4 is 0 Å². The summed E-state index contributed by atoms with van der Waals surface area (Å²) in [5, 5.41) is 10.1. The van der Waals surface area contributed by atoms with E-state index < -0.39 is 0 Å². The zero-order chi connectivity index (χ0) is 14.7. The molecule has 0 aromatic carbocycles. The minimum atomic E-state index is -0.0000352. The molecule has 4 rings (SSSR count). The average molecular weight is 290 g/mol. The maximum absolute atomic E-state index is 10.1. The summed E-state index contributed by atoms with van der Waals surface area (Å²) < 4.78 is 0. The van der Waals surface area contributed by atoms with Gasteiger partial charge in [0.25, 0.3) is 0 Å². The van der Waals surface area contributed by atoms with Crippen LogP contribution in [0.15, 0.2) is 0 Å². The number of fused-ring (bicyclic) bond motifs is 5. The molecule has 0 heterocycles. The van der Waals surface area contributed by atoms with E-state index in [0.29, 0.717) is 10.8 Å². The van der Waals surface area contributed by atoms with Gasteiger partial charge in [-0.25, -0.2) is 0 Å². The number of hydrogen-bond acceptors (Lipinski definition) is 1. The zero-order valence-corrected chi connectivity index (χ0v) is 14.1. The highest BCUT2D eigenvalue weighted by molar-refractivity contribution is 5.06. The van der Waals surface area contributed by atoms with Crippen LogP contribution in [0.25, 0.3) is 0 Å². The molecule has 4 aliphatic carbocycles. The Morgan fingerprint density at radius 2 is 1.67 bits per heavy atom. The largest absolute Gasteiger partial charge is 0.393 e. The van der Waals surface area contributed by atoms with Gasteiger partial charge in [0, 0.05) is 0 Å². The van der Waals surface area contributed by atoms with Crippen molar-refractivity contribution in [3.8, 4) is 0 Å². The summed E-state index contributed by atoms with van der Waals surface area (Å²) in [5.74, 6) is 3.81. The van der Waals surface area contributed by atoms with Gasteiger partial charge in [-0.15, -0.1) is 0 Å². The third-order valence-corrected chi connectivity index (χ3v) is 8.66. The van der Waals surface area contributed by atoms with Crippen molar-refractivity contribution in [2.75, 3.05) is 0 Å². The van der Waals surface area contributed by atoms with E-state index in [1.54, 1.807) is 0 Å². The van der Waals surface area contributed by atoms with Crippen LogP contribution in [0, 0.1) is 34.5 Å². The molecule has 0 amide bonds. The lowest BCUT2D eigenvalue weighted by Crippen LogP contribution is -2.48. The fraction of sp³-hybridized carbons (Fsp3) is 1.00. The first-order valence-electron chi connectivity index (χ1n) is 9.71. The van der Waals surface area contributed by atoms with Crippen molar-refractivity contribution in [1.82, 2.24) is 0 Å². The molecule has 7 atom stereocenters. The van der Waals surface area contributed by atoms with Crippen LogP contribution in [0.4, 0.5) is 0 Å². The highest BCUT2D eigenvalue weighted by atomic mass is 16.3. The van der Waals surface area contributed by atoms with Crippen molar-refractivity contribution in [2.45, 2.75) is 90.6 Å². The summed E-state index contributed by atoms with van der Waals surface area (Å²) in [7, 11) is 0. The minimum Gasteiger partial charge on any atom is -0.393 e. The maximum atomic E-state index is 10.1. The second-order valence-electron chi connectivity index (χ2n) is 9.52. The first kappa shape index (κ1) is 14.5. The highest BCUT2D eigenvalue weighted by Gasteiger charge is 2.56. The molecule has 0 unspecified atom stereocenters. The Labute approximate surface area is 130 Å². The lowest BCUT2D eigenvalue weighted by molar-refractivity contribution is -0.0761. The standard InChI is InChI=1S/C20H34O/c1-19-10-4-7-17(19)16-6-3-5-14-13-15(21)8-12-20(14,2)18(16)9-11-19/h14-18,21H,3-13H2,1-2H3/t14-,15-,16+,17-,18-,19-,20-/m0/s1. The van der Waals surface area contributed by atoms with E-state index in [1.165, 1.54) is 57.8 Å². The van der Waals surface area contributed by atoms with Crippen LogP contribution >= 0.6 is 0 Å². The molecule has 0 radical (unpaired) electrons. The molecular formula is C20H34O. The molecule has 21 heavy (non-hydrogen) atoms. The van der Waals surface area contributed by atoms with Gasteiger partial charge >= 0.3 is 0 Å². The lowest BCUT2D eigenvalue weighted by Gasteiger charge is -2.55. The number of rotatable bonds is 0. The van der Waals surface area contributed by atoms with Gasteiger partial charge in [0.05, 0.1) is 6.10 Å². The molecule has 4 aliphatic rings. The Bertz CT molecular complexity index is 405. The van der Waals surface area contributed by atoms with Gasteiger partial charge in [0.2, 0.25) is 0 Å². The normalized spacial score (nSPS) is 57.0. The summed E-state index contributed by atoms with van der Waals surface area (Å²) in [6, 6.07) is 0. The third-order valence-electron chi connectivity index (χ3n) is 8.66. The van der Waals surface area contributed by atoms with Crippen molar-refractivity contribution in [3.05, 3.63) is 0 Å². The maximum Gasteiger partial charge on any atom is 0.0543 e. The summed E-state index contributed by atoms with van der Waals surface area (Å²) in [5.41, 5.74) is 1.23. The van der Waals surface area contributed by atoms with Gasteiger partial charge in [-0.1, -0.05) is 26.7 Å². The molecule has 0 aromatic heterocycles. The van der Waals surface area contributed by atoms with Gasteiger partial charge in [-0.2, -0.15) is 0 Å². The SMILES string of the molecule is C[C@@]12CCC[C@H]1[C@H]1CCC[C@H]3C[C@@H](O)CC[C@]3(C)[C@H]1CC2. The smallest absolute Gasteiger partial charge is 0.0543 e. The lowest BCUT2D eigenvalue weighted by atomic mass is 9.50. The van der Waals surface area contributed by atoms with Crippen LogP contribution in [0.1, 0.15) is 84.5 Å². The van der Waals surface area contributed by atoms with Gasteiger partial charge in [-0.05, 0) is 92.3 Å². The van der Waals surface area contributed by atoms with Crippen LogP contribution in [-0.2, 0) is 0 Å². The van der Waals surface area contributed by atoms with Gasteiger partial charge in [-0.3, -0.25) is 0 Å². The quantitative estimate of drug-likeness (QED) is 0.652. The molecule has 0 saturated heterocycles. The van der Waals surface area contributed by atoms with Crippen LogP contribution in [0.3, 0.4) is 0 Å². The van der Waals surface area contributed by atoms with Crippen molar-refractivity contribution in [1.29, 1.82) is 0 Å². The second-order valence-corrected chi connectivity index (χ2v) is 9.52. The number of aliphatic hydroxyl groups is 1. The molecule has 1 heteroatoms. The van der Waals surface area contributed by atoms with Crippen LogP contribution in [-0.4, -0.2) is 11.2 Å². The predicted molar refractivity (Wildman–Crippen MR) is 87.0 cm³/mol. The van der Waals surface area contributed by atoms with E-state index in [0.717, 1.165) is 36.5 Å². The summed E-state index contributed by atoms with van der Waals surface area (Å²) >= 11 is 0. The van der Waals surface area contributed by atoms with E-state index in [4.69, 9.17) is 0 Å². The Morgan fingerprint density at radius 3 is 2.52 bits per heavy atom. The fourth-order valence-electron chi connectivity index (χ4n) is 7.43. The Hall–Kier alpha value is -0.0400. The molecule has 0 aliphatic heterocycles. The molecule has 0 bridgehead atoms. The summed E-state index contributed by atoms with van der Waals surface area (Å²) in [4.78, 5) is 0. The highest BCUT2D eigenvalue weighted by Crippen LogP contribution is 2.64. The molecule has 1 nitrogen and oxygen atoms in total. The molecule has 1 N–H and O–H groups in total. The molecule has 0 aromatic rings. The van der Waals surface area contributed by atoms with Crippen LogP contribution < -0.4 is 0 Å². The molecule has 4 saturated carbocycles. The first-order valence-corrected chi connectivity index (χ1v) is 9.71. The zero-order valence-electron chi connectivity index (χ0n) is 14.1. The van der Waals surface area contributed by atoms with Crippen LogP contribution in [0.2, 0.25) is 0 Å². The predicted octanol–water partition coefficient (Wildman–Crippen LogP) is 5.17. The molecule has 0 spiro atoms. The van der Waals surface area contributed by atoms with E-state index in [1.807, 2.05) is 0 Å². The van der Waals surface area contributed by atoms with Crippen molar-refractivity contribution in [3.63, 3.8) is 0 Å². The molecule has 4 fully saturated rings. The van der Waals surface area contributed by atoms with Crippen molar-refractivity contribution in [2.24, 2.45) is 34.5 Å². The van der Waals surface area contributed by atoms with Crippen LogP contribution in [0.5, 0.6) is 0 Å². The summed E-state index contributed by atoms with van der Waals surface area (Å²) in [6.45, 7) is 5.22. The summed E-state index contributed by atoms with van der Waals surface area (Å²) in [6.07, 6.45) is 15.3. The van der Waals surface area contributed by atoms with E-state index in [-0.39, 0.29) is 6.10 Å². The fourth-order valence-corrected chi connectivity index (χ4v) is 7.43. The average Bonchev–Trinajstić information content (AvgIpc) is 2.78. The number of aliphatic hydroxyl groups excluding tert-OH is 1. The van der Waals surface area contributed by atoms with Gasteiger partial charge in [0.15, 0.2) is 0 Å². The van der Waals surface area contributed by atoms with E-state index in [2.05, 4.69) is 13.8 Å². The van der Waals surface area contributed by atoms with E-state index >= 15 is 0 Å². The third kappa shape index (κ3) is 2.13. The van der Waals surface area contributed by atoms with E-state index in [9.17, 15) is 5.11 Å². The minimum absolute atomic E-state index is 0.0000352. The number of hydrogen-bond donors (Lipinski definition) is 1. The molecular weight excluding hydrogens is 256 g/mol. The Morgan fingerprint density at radius 1 is 0.810 bits per heavy atom.